The number of hydrogen-bond donors (Lipinski definition) is 2. The number of fused-ring (bicyclic) bond motifs is 1. The second-order valence-electron chi connectivity index (χ2n) is 6.02. The van der Waals surface area contributed by atoms with E-state index in [-0.39, 0.29) is 35.6 Å². The van der Waals surface area contributed by atoms with E-state index in [1.54, 1.807) is 12.1 Å². The number of methoxy groups -OCH3 is 2. The molecule has 0 saturated carbocycles. The van der Waals surface area contributed by atoms with Gasteiger partial charge in [0, 0.05) is 24.5 Å². The summed E-state index contributed by atoms with van der Waals surface area (Å²) in [4.78, 5) is 12.2. The van der Waals surface area contributed by atoms with Gasteiger partial charge in [0.05, 0.1) is 19.6 Å². The molecule has 8 nitrogen and oxygen atoms in total. The smallest absolute Gasteiger partial charge is 0.272 e. The summed E-state index contributed by atoms with van der Waals surface area (Å²) in [6, 6.07) is 7.41. The third kappa shape index (κ3) is 4.50. The highest BCUT2D eigenvalue weighted by Gasteiger charge is 2.17. The number of benzene rings is 2. The van der Waals surface area contributed by atoms with Crippen molar-refractivity contribution in [3.05, 3.63) is 52.1 Å². The molecule has 3 rings (SSSR count). The number of ether oxygens (including phenoxy) is 2. The van der Waals surface area contributed by atoms with Crippen molar-refractivity contribution in [3.8, 4) is 22.8 Å². The van der Waals surface area contributed by atoms with E-state index in [0.29, 0.717) is 22.4 Å². The van der Waals surface area contributed by atoms with Crippen molar-refractivity contribution < 1.29 is 22.3 Å². The molecule has 3 aromatic rings. The van der Waals surface area contributed by atoms with Gasteiger partial charge in [-0.1, -0.05) is 6.07 Å². The first-order valence-electron chi connectivity index (χ1n) is 8.14. The number of nitrogens with one attached hydrogen (secondary N) is 1. The Balaban J connectivity index is 0.00000300. The largest absolute Gasteiger partial charge is 0.493 e. The highest BCUT2D eigenvalue weighted by Crippen LogP contribution is 2.35. The third-order valence-corrected chi connectivity index (χ3v) is 4.97. The normalized spacial score (nSPS) is 11.0. The number of halogens is 2. The predicted octanol–water partition coefficient (Wildman–Crippen LogP) is 2.13. The molecule has 1 heterocycles. The topological polar surface area (TPSA) is 102 Å². The monoisotopic (exact) mass is 443 g/mol. The molecule has 0 atom stereocenters. The van der Waals surface area contributed by atoms with Crippen LogP contribution in [0.3, 0.4) is 0 Å². The van der Waals surface area contributed by atoms with Crippen LogP contribution in [0.1, 0.15) is 5.56 Å². The Morgan fingerprint density at radius 1 is 1.10 bits per heavy atom. The molecule has 29 heavy (non-hydrogen) atoms. The number of hydrogen-bond acceptors (Lipinski definition) is 6. The van der Waals surface area contributed by atoms with Crippen molar-refractivity contribution in [2.75, 3.05) is 21.3 Å². The van der Waals surface area contributed by atoms with Crippen LogP contribution in [0.5, 0.6) is 11.5 Å². The minimum Gasteiger partial charge on any atom is -0.493 e. The molecule has 2 aromatic carbocycles. The Kier molecular flexibility index (Phi) is 7.17. The van der Waals surface area contributed by atoms with Gasteiger partial charge in [0.15, 0.2) is 11.5 Å². The van der Waals surface area contributed by atoms with E-state index in [1.165, 1.54) is 39.5 Å². The molecule has 156 valence electrons. The van der Waals surface area contributed by atoms with Crippen molar-refractivity contribution in [1.82, 2.24) is 14.5 Å². The fourth-order valence-electron chi connectivity index (χ4n) is 2.87. The summed E-state index contributed by atoms with van der Waals surface area (Å²) in [6.07, 6.45) is 0. The first-order chi connectivity index (χ1) is 13.3. The van der Waals surface area contributed by atoms with E-state index in [1.807, 2.05) is 0 Å². The van der Waals surface area contributed by atoms with E-state index in [2.05, 4.69) is 10.2 Å². The SMILES string of the molecule is COc1cc2c(-c3ccc(CN(C)[SH](=O)=O)cc3F)n[nH]c(=O)c2cc1OC.Cl. The van der Waals surface area contributed by atoms with E-state index in [4.69, 9.17) is 9.47 Å². The summed E-state index contributed by atoms with van der Waals surface area (Å²) in [5.41, 5.74) is 0.419. The molecule has 0 radical (unpaired) electrons. The highest BCUT2D eigenvalue weighted by molar-refractivity contribution is 7.69. The minimum atomic E-state index is -2.75. The van der Waals surface area contributed by atoms with Crippen molar-refractivity contribution in [3.63, 3.8) is 0 Å². The summed E-state index contributed by atoms with van der Waals surface area (Å²) in [6.45, 7) is 0.0424. The van der Waals surface area contributed by atoms with Crippen molar-refractivity contribution >= 4 is 34.1 Å². The van der Waals surface area contributed by atoms with E-state index in [9.17, 15) is 17.6 Å². The van der Waals surface area contributed by atoms with Crippen LogP contribution in [-0.4, -0.2) is 44.2 Å². The molecule has 0 bridgehead atoms. The van der Waals surface area contributed by atoms with Crippen molar-refractivity contribution in [1.29, 1.82) is 0 Å². The quantitative estimate of drug-likeness (QED) is 0.566. The minimum absolute atomic E-state index is 0. The Morgan fingerprint density at radius 2 is 1.72 bits per heavy atom. The number of thiol groups is 1. The van der Waals surface area contributed by atoms with Gasteiger partial charge < -0.3 is 9.47 Å². The fourth-order valence-corrected chi connectivity index (χ4v) is 3.14. The molecule has 0 aliphatic rings. The number of aromatic nitrogens is 2. The van der Waals surface area contributed by atoms with E-state index >= 15 is 0 Å². The maximum absolute atomic E-state index is 14.8. The van der Waals surface area contributed by atoms with E-state index < -0.39 is 22.3 Å². The van der Waals surface area contributed by atoms with Crippen molar-refractivity contribution in [2.45, 2.75) is 6.54 Å². The lowest BCUT2D eigenvalue weighted by Gasteiger charge is -2.13. The molecule has 0 amide bonds. The first kappa shape index (κ1) is 22.6. The summed E-state index contributed by atoms with van der Waals surface area (Å²) >= 11 is 0. The van der Waals surface area contributed by atoms with Gasteiger partial charge >= 0.3 is 0 Å². The summed E-state index contributed by atoms with van der Waals surface area (Å²) < 4.78 is 48.3. The van der Waals surface area contributed by atoms with Crippen LogP contribution in [0.25, 0.3) is 22.0 Å². The highest BCUT2D eigenvalue weighted by atomic mass is 35.5. The number of H-pyrrole nitrogens is 1. The van der Waals surface area contributed by atoms with Crippen LogP contribution in [0, 0.1) is 5.82 Å². The van der Waals surface area contributed by atoms with Gasteiger partial charge in [-0.25, -0.2) is 22.2 Å². The Morgan fingerprint density at radius 3 is 2.28 bits per heavy atom. The molecular weight excluding hydrogens is 425 g/mol. The second-order valence-corrected chi connectivity index (χ2v) is 7.18. The number of nitrogens with zero attached hydrogens (tertiary/aromatic N) is 2. The molecule has 0 aliphatic heterocycles. The van der Waals surface area contributed by atoms with E-state index in [0.717, 1.165) is 4.31 Å². The lowest BCUT2D eigenvalue weighted by atomic mass is 10.0. The van der Waals surface area contributed by atoms with Gasteiger partial charge in [0.1, 0.15) is 11.5 Å². The first-order valence-corrected chi connectivity index (χ1v) is 9.27. The second kappa shape index (κ2) is 9.21. The zero-order chi connectivity index (χ0) is 20.4. The van der Waals surface area contributed by atoms with Gasteiger partial charge in [-0.15, -0.1) is 12.4 Å². The summed E-state index contributed by atoms with van der Waals surface area (Å²) in [5.74, 6) is 0.146. The fraction of sp³-hybridized carbons (Fsp3) is 0.222. The molecular formula is C18H19ClFN3O5S. The van der Waals surface area contributed by atoms with Gasteiger partial charge in [-0.05, 0) is 29.8 Å². The van der Waals surface area contributed by atoms with Crippen LogP contribution in [0.4, 0.5) is 4.39 Å². The van der Waals surface area contributed by atoms with Crippen molar-refractivity contribution in [2.24, 2.45) is 0 Å². The average molecular weight is 444 g/mol. The lowest BCUT2D eigenvalue weighted by molar-refractivity contribution is 0.356. The third-order valence-electron chi connectivity index (χ3n) is 4.27. The molecule has 0 fully saturated rings. The Labute approximate surface area is 173 Å². The Bertz CT molecular complexity index is 1170. The number of aromatic amines is 1. The maximum Gasteiger partial charge on any atom is 0.272 e. The summed E-state index contributed by atoms with van der Waals surface area (Å²) in [7, 11) is 1.55. The standard InChI is InChI=1S/C18H18FN3O5S.ClH/c1-22(28(24)25)9-10-4-5-11(14(19)6-10)17-12-7-15(26-2)16(27-3)8-13(12)18(23)21-20-17;/h4-8,28H,9H2,1-3H3,(H,21,23);1H. The molecule has 0 saturated heterocycles. The summed E-state index contributed by atoms with van der Waals surface area (Å²) in [5, 5.41) is 7.04. The van der Waals surface area contributed by atoms with Crippen LogP contribution in [0.15, 0.2) is 35.1 Å². The lowest BCUT2D eigenvalue weighted by Crippen LogP contribution is -2.15. The predicted molar refractivity (Wildman–Crippen MR) is 110 cm³/mol. The average Bonchev–Trinajstić information content (AvgIpc) is 2.68. The molecule has 1 aromatic heterocycles. The molecule has 0 aliphatic carbocycles. The zero-order valence-electron chi connectivity index (χ0n) is 15.8. The molecule has 1 N–H and O–H groups in total. The van der Waals surface area contributed by atoms with Crippen LogP contribution in [-0.2, 0) is 17.4 Å². The van der Waals surface area contributed by atoms with Gasteiger partial charge in [0.25, 0.3) is 5.56 Å². The van der Waals surface area contributed by atoms with Gasteiger partial charge in [-0.3, -0.25) is 4.79 Å². The number of rotatable bonds is 6. The van der Waals surface area contributed by atoms with Crippen LogP contribution < -0.4 is 15.0 Å². The van der Waals surface area contributed by atoms with Crippen LogP contribution in [0.2, 0.25) is 0 Å². The Hall–Kier alpha value is -2.69. The molecule has 11 heteroatoms. The molecule has 0 unspecified atom stereocenters. The van der Waals surface area contributed by atoms with Gasteiger partial charge in [0.2, 0.25) is 10.9 Å². The zero-order valence-corrected chi connectivity index (χ0v) is 17.5. The molecule has 0 spiro atoms. The van der Waals surface area contributed by atoms with Crippen LogP contribution >= 0.6 is 12.4 Å². The van der Waals surface area contributed by atoms with Gasteiger partial charge in [-0.2, -0.15) is 5.10 Å². The maximum atomic E-state index is 14.8.